The number of aliphatic hydroxyl groups is 3. The number of thioether (sulfide) groups is 1. The molecule has 1 amide bonds. The summed E-state index contributed by atoms with van der Waals surface area (Å²) in [6.07, 6.45) is 2.57. The third kappa shape index (κ3) is 7.32. The summed E-state index contributed by atoms with van der Waals surface area (Å²) in [7, 11) is 0. The van der Waals surface area contributed by atoms with Gasteiger partial charge in [-0.25, -0.2) is 17.9 Å². The molecule has 2 bridgehead atoms. The molecule has 0 unspecified atom stereocenters. The molecule has 5 heterocycles. The Labute approximate surface area is 281 Å². The van der Waals surface area contributed by atoms with Crippen molar-refractivity contribution in [3.63, 3.8) is 0 Å². The topological polar surface area (TPSA) is 151 Å². The Morgan fingerprint density at radius 3 is 2.67 bits per heavy atom. The molecular weight excluding hydrogens is 651 g/mol. The molecular formula is C33H44F3N5O6S. The Hall–Kier alpha value is -2.53. The maximum absolute atomic E-state index is 14.5. The number of amides is 1. The largest absolute Gasteiger partial charge is 0.388 e. The standard InChI is InChI=1S/C33H44F3N5O6S/c1-15(2)9-17-7-8-46-30-18(10-17)13-37-26(30)32(45)38-25-16(3)5-4-6-24(48-33-29(44)27(42)28(43)31(25)47-33)22-14-41(40-39-22)23-12-20(35)19(34)11-21(23)36/h4-5,11-12,14-18,24-31,33,37,42-44H,6-10,13H2,1-3H3,(H,38,45)/t16-,17+,18+,24+,25-,26+,27+,28-,29-,30-,31-,33-/m1/s1. The average molecular weight is 696 g/mol. The van der Waals surface area contributed by atoms with Crippen LogP contribution in [0, 0.1) is 41.1 Å². The zero-order valence-corrected chi connectivity index (χ0v) is 27.9. The van der Waals surface area contributed by atoms with Crippen LogP contribution in [0.25, 0.3) is 5.69 Å². The first-order valence-corrected chi connectivity index (χ1v) is 17.6. The number of carbonyl (C=O) groups excluding carboxylic acids is 1. The number of aromatic nitrogens is 3. The van der Waals surface area contributed by atoms with Gasteiger partial charge >= 0.3 is 0 Å². The minimum Gasteiger partial charge on any atom is -0.388 e. The zero-order valence-electron chi connectivity index (χ0n) is 27.1. The van der Waals surface area contributed by atoms with E-state index in [1.54, 1.807) is 0 Å². The lowest BCUT2D eigenvalue weighted by Gasteiger charge is -2.45. The van der Waals surface area contributed by atoms with Crippen molar-refractivity contribution in [1.82, 2.24) is 25.6 Å². The Balaban J connectivity index is 1.21. The number of carbonyl (C=O) groups is 1. The molecule has 0 spiro atoms. The fraction of sp³-hybridized carbons (Fsp3) is 0.667. The van der Waals surface area contributed by atoms with Gasteiger partial charge in [0, 0.05) is 25.3 Å². The van der Waals surface area contributed by atoms with Crippen LogP contribution in [-0.4, -0.2) is 97.4 Å². The predicted octanol–water partition coefficient (Wildman–Crippen LogP) is 2.78. The number of ether oxygens (including phenoxy) is 2. The van der Waals surface area contributed by atoms with Gasteiger partial charge in [-0.1, -0.05) is 38.1 Å². The van der Waals surface area contributed by atoms with Crippen molar-refractivity contribution in [2.24, 2.45) is 23.7 Å². The van der Waals surface area contributed by atoms with E-state index in [1.807, 2.05) is 19.1 Å². The van der Waals surface area contributed by atoms with Crippen LogP contribution in [0.1, 0.15) is 57.4 Å². The third-order valence-corrected chi connectivity index (χ3v) is 11.4. The monoisotopic (exact) mass is 695 g/mol. The van der Waals surface area contributed by atoms with E-state index < -0.39 is 64.6 Å². The number of hydrogen-bond donors (Lipinski definition) is 5. The van der Waals surface area contributed by atoms with Crippen LogP contribution in [-0.2, 0) is 14.3 Å². The molecule has 48 heavy (non-hydrogen) atoms. The summed E-state index contributed by atoms with van der Waals surface area (Å²) in [6, 6.07) is -0.241. The highest BCUT2D eigenvalue weighted by Gasteiger charge is 2.50. The van der Waals surface area contributed by atoms with Gasteiger partial charge in [-0.15, -0.1) is 16.9 Å². The molecule has 4 aliphatic heterocycles. The Bertz CT molecular complexity index is 1480. The first-order valence-electron chi connectivity index (χ1n) is 16.7. The fourth-order valence-corrected chi connectivity index (χ4v) is 8.80. The first kappa shape index (κ1) is 35.3. The number of aliphatic hydroxyl groups excluding tert-OH is 3. The van der Waals surface area contributed by atoms with Gasteiger partial charge < -0.3 is 35.4 Å². The van der Waals surface area contributed by atoms with Crippen molar-refractivity contribution in [3.8, 4) is 5.69 Å². The zero-order chi connectivity index (χ0) is 34.3. The molecule has 1 aromatic heterocycles. The van der Waals surface area contributed by atoms with E-state index in [1.165, 1.54) is 6.20 Å². The van der Waals surface area contributed by atoms with E-state index in [-0.39, 0.29) is 29.5 Å². The Kier molecular flexibility index (Phi) is 10.9. The quantitative estimate of drug-likeness (QED) is 0.226. The van der Waals surface area contributed by atoms with Crippen LogP contribution in [0.3, 0.4) is 0 Å². The van der Waals surface area contributed by atoms with Gasteiger partial charge in [0.15, 0.2) is 17.5 Å². The minimum atomic E-state index is -1.58. The summed E-state index contributed by atoms with van der Waals surface area (Å²) in [5, 5.41) is 47.0. The lowest BCUT2D eigenvalue weighted by molar-refractivity contribution is -0.207. The Morgan fingerprint density at radius 2 is 1.90 bits per heavy atom. The molecule has 6 rings (SSSR count). The molecule has 0 radical (unpaired) electrons. The van der Waals surface area contributed by atoms with Crippen LogP contribution in [0.15, 0.2) is 30.5 Å². The van der Waals surface area contributed by atoms with Crippen molar-refractivity contribution in [2.45, 2.75) is 99.7 Å². The van der Waals surface area contributed by atoms with Crippen LogP contribution < -0.4 is 10.6 Å². The van der Waals surface area contributed by atoms with E-state index in [4.69, 9.17) is 9.47 Å². The number of allylic oxidation sites excluding steroid dienone is 1. The normalized spacial score (nSPS) is 37.2. The van der Waals surface area contributed by atoms with Crippen molar-refractivity contribution < 1.29 is 42.8 Å². The van der Waals surface area contributed by atoms with Gasteiger partial charge in [0.2, 0.25) is 5.91 Å². The van der Waals surface area contributed by atoms with Gasteiger partial charge in [-0.05, 0) is 49.4 Å². The SMILES string of the molecule is CC(C)C[C@@H]1CCO[C@@H]2[C@H](CN[C@@H]2C(=O)N[C@H]2[C@H]3O[C@H](S[C@H](c4cn(-c5cc(F)c(F)cc5F)nn4)CC=C[C@H]2C)[C@H](O)[C@@H](O)[C@H]3O)C1. The summed E-state index contributed by atoms with van der Waals surface area (Å²) < 4.78 is 55.3. The highest BCUT2D eigenvalue weighted by atomic mass is 32.2. The summed E-state index contributed by atoms with van der Waals surface area (Å²) in [4.78, 5) is 13.9. The lowest BCUT2D eigenvalue weighted by Crippen LogP contribution is -2.65. The van der Waals surface area contributed by atoms with E-state index in [0.717, 1.165) is 35.7 Å². The minimum absolute atomic E-state index is 0.205. The summed E-state index contributed by atoms with van der Waals surface area (Å²) in [5.41, 5.74) is -1.06. The number of fused-ring (bicyclic) bond motifs is 3. The number of nitrogens with zero attached hydrogens (tertiary/aromatic N) is 3. The second-order valence-corrected chi connectivity index (χ2v) is 15.2. The van der Waals surface area contributed by atoms with Gasteiger partial charge in [-0.3, -0.25) is 4.79 Å². The average Bonchev–Trinajstić information content (AvgIpc) is 3.63. The van der Waals surface area contributed by atoms with Gasteiger partial charge in [0.05, 0.1) is 29.3 Å². The highest BCUT2D eigenvalue weighted by Crippen LogP contribution is 2.42. The van der Waals surface area contributed by atoms with E-state index >= 15 is 0 Å². The maximum Gasteiger partial charge on any atom is 0.240 e. The number of hydrogen-bond acceptors (Lipinski definition) is 10. The molecule has 12 atom stereocenters. The van der Waals surface area contributed by atoms with Crippen molar-refractivity contribution in [2.75, 3.05) is 13.2 Å². The van der Waals surface area contributed by atoms with E-state index in [0.29, 0.717) is 49.2 Å². The molecule has 11 nitrogen and oxygen atoms in total. The third-order valence-electron chi connectivity index (χ3n) is 9.95. The molecule has 0 saturated carbocycles. The van der Waals surface area contributed by atoms with Crippen molar-refractivity contribution in [1.29, 1.82) is 0 Å². The second-order valence-electron chi connectivity index (χ2n) is 13.9. The van der Waals surface area contributed by atoms with Crippen LogP contribution in [0.2, 0.25) is 0 Å². The summed E-state index contributed by atoms with van der Waals surface area (Å²) >= 11 is 1.11. The summed E-state index contributed by atoms with van der Waals surface area (Å²) in [5.74, 6) is -2.93. The molecule has 3 fully saturated rings. The number of rotatable bonds is 6. The number of halogens is 3. The smallest absolute Gasteiger partial charge is 0.240 e. The van der Waals surface area contributed by atoms with Crippen molar-refractivity contribution >= 4 is 17.7 Å². The van der Waals surface area contributed by atoms with Crippen molar-refractivity contribution in [3.05, 3.63) is 53.6 Å². The number of nitrogens with one attached hydrogen (secondary N) is 2. The predicted molar refractivity (Wildman–Crippen MR) is 170 cm³/mol. The van der Waals surface area contributed by atoms with E-state index in [2.05, 4.69) is 34.8 Å². The molecule has 15 heteroatoms. The molecule has 264 valence electrons. The van der Waals surface area contributed by atoms with Gasteiger partial charge in [0.1, 0.15) is 41.6 Å². The molecule has 4 aliphatic rings. The number of benzene rings is 1. The van der Waals surface area contributed by atoms with Crippen LogP contribution in [0.5, 0.6) is 0 Å². The second kappa shape index (κ2) is 14.8. The highest BCUT2D eigenvalue weighted by molar-refractivity contribution is 8.00. The molecule has 5 N–H and O–H groups in total. The first-order chi connectivity index (χ1) is 22.9. The summed E-state index contributed by atoms with van der Waals surface area (Å²) in [6.45, 7) is 7.55. The molecule has 0 aliphatic carbocycles. The molecule has 3 saturated heterocycles. The van der Waals surface area contributed by atoms with Gasteiger partial charge in [-0.2, -0.15) is 0 Å². The Morgan fingerprint density at radius 1 is 1.12 bits per heavy atom. The molecule has 2 aromatic rings. The molecule has 1 aromatic carbocycles. The lowest BCUT2D eigenvalue weighted by atomic mass is 9.85. The van der Waals surface area contributed by atoms with Crippen LogP contribution >= 0.6 is 11.8 Å². The van der Waals surface area contributed by atoms with Gasteiger partial charge in [0.25, 0.3) is 0 Å². The van der Waals surface area contributed by atoms with E-state index in [9.17, 15) is 33.3 Å². The maximum atomic E-state index is 14.5. The van der Waals surface area contributed by atoms with Crippen LogP contribution in [0.4, 0.5) is 13.2 Å². The fourth-order valence-electron chi connectivity index (χ4n) is 7.50.